The topological polar surface area (TPSA) is 58.9 Å². The molecule has 0 spiro atoms. The van der Waals surface area contributed by atoms with Gasteiger partial charge in [0, 0.05) is 4.47 Å². The van der Waals surface area contributed by atoms with E-state index >= 15 is 0 Å². The van der Waals surface area contributed by atoms with Crippen molar-refractivity contribution in [1.82, 2.24) is 0 Å². The van der Waals surface area contributed by atoms with Crippen LogP contribution < -0.4 is 0 Å². The van der Waals surface area contributed by atoms with Gasteiger partial charge in [-0.3, -0.25) is 0 Å². The molecule has 0 unspecified atom stereocenters. The number of nitrogens with zero attached hydrogens (tertiary/aromatic N) is 1. The molecule has 1 N–H and O–H groups in total. The summed E-state index contributed by atoms with van der Waals surface area (Å²) in [6.07, 6.45) is 0. The maximum Gasteiger partial charge on any atom is 0.344 e. The zero-order valence-corrected chi connectivity index (χ0v) is 13.5. The van der Waals surface area contributed by atoms with Crippen LogP contribution in [0.5, 0.6) is 0 Å². The van der Waals surface area contributed by atoms with Crippen molar-refractivity contribution in [2.75, 3.05) is 12.4 Å². The van der Waals surface area contributed by atoms with E-state index in [9.17, 15) is 9.90 Å². The second-order valence-corrected chi connectivity index (χ2v) is 6.06. The molecule has 0 fully saturated rings. The number of esters is 1. The Morgan fingerprint density at radius 1 is 1.55 bits per heavy atom. The Morgan fingerprint density at radius 2 is 2.30 bits per heavy atom. The molecule has 106 valence electrons. The fourth-order valence-electron chi connectivity index (χ4n) is 1.75. The largest absolute Gasteiger partial charge is 0.510 e. The lowest BCUT2D eigenvalue weighted by Gasteiger charge is -2.06. The molecular weight excluding hydrogens is 342 g/mol. The van der Waals surface area contributed by atoms with Crippen LogP contribution in [-0.2, 0) is 9.53 Å². The van der Waals surface area contributed by atoms with Gasteiger partial charge < -0.3 is 9.84 Å². The first-order chi connectivity index (χ1) is 9.52. The highest BCUT2D eigenvalue weighted by Gasteiger charge is 2.29. The molecule has 1 aliphatic rings. The van der Waals surface area contributed by atoms with Crippen LogP contribution >= 0.6 is 27.7 Å². The Bertz CT molecular complexity index is 610. The third-order valence-corrected chi connectivity index (χ3v) is 4.19. The number of rotatable bonds is 3. The quantitative estimate of drug-likeness (QED) is 0.835. The molecule has 1 aromatic rings. The third kappa shape index (κ3) is 3.24. The number of aryl methyl sites for hydroxylation is 1. The van der Waals surface area contributed by atoms with Gasteiger partial charge in [-0.2, -0.15) is 0 Å². The lowest BCUT2D eigenvalue weighted by Crippen LogP contribution is -2.13. The molecule has 0 aliphatic carbocycles. The molecule has 2 rings (SSSR count). The van der Waals surface area contributed by atoms with Gasteiger partial charge in [0.25, 0.3) is 0 Å². The number of thioether (sulfide) groups is 1. The lowest BCUT2D eigenvalue weighted by atomic mass is 10.2. The third-order valence-electron chi connectivity index (χ3n) is 2.71. The Hall–Kier alpha value is -1.27. The van der Waals surface area contributed by atoms with Crippen molar-refractivity contribution in [3.63, 3.8) is 0 Å². The molecule has 1 heterocycles. The zero-order valence-electron chi connectivity index (χ0n) is 11.1. The molecule has 0 aromatic heterocycles. The number of ether oxygens (including phenoxy) is 1. The van der Waals surface area contributed by atoms with Crippen molar-refractivity contribution in [2.45, 2.75) is 13.8 Å². The number of aliphatic imine (C=N–C) groups is 1. The number of benzene rings is 1. The molecular formula is C14H14BrNO3S. The minimum Gasteiger partial charge on any atom is -0.510 e. The summed E-state index contributed by atoms with van der Waals surface area (Å²) in [5.74, 6) is -0.145. The molecule has 4 nitrogen and oxygen atoms in total. The second-order valence-electron chi connectivity index (χ2n) is 4.18. The summed E-state index contributed by atoms with van der Waals surface area (Å²) < 4.78 is 5.93. The van der Waals surface area contributed by atoms with Gasteiger partial charge in [-0.25, -0.2) is 9.79 Å². The molecule has 0 radical (unpaired) electrons. The maximum absolute atomic E-state index is 11.9. The number of hydrogen-bond acceptors (Lipinski definition) is 5. The van der Waals surface area contributed by atoms with E-state index in [4.69, 9.17) is 4.74 Å². The van der Waals surface area contributed by atoms with E-state index in [1.807, 2.05) is 25.1 Å². The first-order valence-electron chi connectivity index (χ1n) is 6.10. The molecule has 0 saturated heterocycles. The first kappa shape index (κ1) is 15.1. The minimum absolute atomic E-state index is 0.0296. The molecule has 0 saturated carbocycles. The van der Waals surface area contributed by atoms with E-state index in [1.165, 1.54) is 11.8 Å². The van der Waals surface area contributed by atoms with Gasteiger partial charge in [-0.1, -0.05) is 27.7 Å². The number of carbonyl (C=O) groups excluding carboxylic acids is 1. The average Bonchev–Trinajstić information content (AvgIpc) is 2.74. The van der Waals surface area contributed by atoms with E-state index in [0.29, 0.717) is 10.8 Å². The van der Waals surface area contributed by atoms with E-state index in [0.717, 1.165) is 15.7 Å². The van der Waals surface area contributed by atoms with Gasteiger partial charge in [0.15, 0.2) is 0 Å². The van der Waals surface area contributed by atoms with Crippen molar-refractivity contribution < 1.29 is 14.6 Å². The normalized spacial score (nSPS) is 16.9. The van der Waals surface area contributed by atoms with E-state index in [1.54, 1.807) is 6.92 Å². The van der Waals surface area contributed by atoms with Crippen LogP contribution in [0.3, 0.4) is 0 Å². The summed E-state index contributed by atoms with van der Waals surface area (Å²) in [4.78, 5) is 16.3. The molecule has 6 heteroatoms. The van der Waals surface area contributed by atoms with Crippen LogP contribution in [0.4, 0.5) is 5.69 Å². The Balaban J connectivity index is 2.36. The van der Waals surface area contributed by atoms with Crippen molar-refractivity contribution in [3.05, 3.63) is 39.6 Å². The van der Waals surface area contributed by atoms with Gasteiger partial charge in [-0.15, -0.1) is 0 Å². The smallest absolute Gasteiger partial charge is 0.344 e. The molecule has 1 aliphatic heterocycles. The van der Waals surface area contributed by atoms with Gasteiger partial charge >= 0.3 is 5.97 Å². The average molecular weight is 356 g/mol. The summed E-state index contributed by atoms with van der Waals surface area (Å²) in [5.41, 5.74) is 1.94. The Morgan fingerprint density at radius 3 is 2.95 bits per heavy atom. The Kier molecular flexibility index (Phi) is 4.88. The summed E-state index contributed by atoms with van der Waals surface area (Å²) in [6.45, 7) is 3.94. The van der Waals surface area contributed by atoms with Crippen LogP contribution in [0.15, 0.2) is 39.0 Å². The van der Waals surface area contributed by atoms with E-state index in [-0.39, 0.29) is 17.9 Å². The van der Waals surface area contributed by atoms with E-state index < -0.39 is 5.97 Å². The summed E-state index contributed by atoms with van der Waals surface area (Å²) in [6, 6.07) is 5.71. The van der Waals surface area contributed by atoms with Crippen molar-refractivity contribution in [3.8, 4) is 0 Å². The SMILES string of the molecule is CCOC(=O)C1=C(O)CSC1=Nc1ccc(Br)cc1C. The number of carbonyl (C=O) groups is 1. The van der Waals surface area contributed by atoms with Gasteiger partial charge in [0.1, 0.15) is 16.4 Å². The predicted octanol–water partition coefficient (Wildman–Crippen LogP) is 3.91. The van der Waals surface area contributed by atoms with Crippen LogP contribution in [0.2, 0.25) is 0 Å². The van der Waals surface area contributed by atoms with Gasteiger partial charge in [-0.05, 0) is 37.6 Å². The maximum atomic E-state index is 11.9. The number of aliphatic hydroxyl groups is 1. The summed E-state index contributed by atoms with van der Waals surface area (Å²) in [5, 5.41) is 10.3. The highest BCUT2D eigenvalue weighted by molar-refractivity contribution is 9.10. The minimum atomic E-state index is -0.525. The van der Waals surface area contributed by atoms with Gasteiger partial charge in [0.05, 0.1) is 18.0 Å². The van der Waals surface area contributed by atoms with E-state index in [2.05, 4.69) is 20.9 Å². The number of halogens is 1. The summed E-state index contributed by atoms with van der Waals surface area (Å²) in [7, 11) is 0. The molecule has 1 aromatic carbocycles. The lowest BCUT2D eigenvalue weighted by molar-refractivity contribution is -0.138. The second kappa shape index (κ2) is 6.45. The van der Waals surface area contributed by atoms with Crippen LogP contribution in [-0.4, -0.2) is 28.5 Å². The predicted molar refractivity (Wildman–Crippen MR) is 84.7 cm³/mol. The van der Waals surface area contributed by atoms with Crippen LogP contribution in [0, 0.1) is 6.92 Å². The molecule has 0 bridgehead atoms. The molecule has 20 heavy (non-hydrogen) atoms. The Labute approximate surface area is 130 Å². The van der Waals surface area contributed by atoms with Crippen LogP contribution in [0.25, 0.3) is 0 Å². The fraction of sp³-hybridized carbons (Fsp3) is 0.286. The summed E-state index contributed by atoms with van der Waals surface area (Å²) >= 11 is 4.73. The molecule has 0 amide bonds. The fourth-order valence-corrected chi connectivity index (χ4v) is 3.16. The van der Waals surface area contributed by atoms with Crippen molar-refractivity contribution in [1.29, 1.82) is 0 Å². The number of hydrogen-bond donors (Lipinski definition) is 1. The highest BCUT2D eigenvalue weighted by atomic mass is 79.9. The monoisotopic (exact) mass is 355 g/mol. The van der Waals surface area contributed by atoms with Gasteiger partial charge in [0.2, 0.25) is 0 Å². The molecule has 0 atom stereocenters. The number of aliphatic hydroxyl groups excluding tert-OH is 1. The van der Waals surface area contributed by atoms with Crippen molar-refractivity contribution in [2.24, 2.45) is 4.99 Å². The standard InChI is InChI=1S/C14H14BrNO3S/c1-3-19-14(18)12-11(17)7-20-13(12)16-10-5-4-9(15)6-8(10)2/h4-6,17H,3,7H2,1-2H3. The highest BCUT2D eigenvalue weighted by Crippen LogP contribution is 2.31. The van der Waals surface area contributed by atoms with Crippen molar-refractivity contribution >= 4 is 44.4 Å². The van der Waals surface area contributed by atoms with Crippen LogP contribution in [0.1, 0.15) is 12.5 Å². The first-order valence-corrected chi connectivity index (χ1v) is 7.88. The zero-order chi connectivity index (χ0) is 14.7.